The first-order valence-electron chi connectivity index (χ1n) is 8.42. The Morgan fingerprint density at radius 1 is 1.26 bits per heavy atom. The maximum Gasteiger partial charge on any atom is 0.410 e. The van der Waals surface area contributed by atoms with Crippen molar-refractivity contribution in [3.63, 3.8) is 0 Å². The summed E-state index contributed by atoms with van der Waals surface area (Å²) in [4.78, 5) is 35.2. The summed E-state index contributed by atoms with van der Waals surface area (Å²) in [5, 5.41) is 21.3. The molecule has 1 aliphatic rings. The minimum Gasteiger partial charge on any atom is -0.465 e. The van der Waals surface area contributed by atoms with E-state index < -0.39 is 6.09 Å². The maximum atomic E-state index is 12.5. The van der Waals surface area contributed by atoms with Gasteiger partial charge in [0.25, 0.3) is 0 Å². The van der Waals surface area contributed by atoms with Crippen molar-refractivity contribution < 1.29 is 14.7 Å². The van der Waals surface area contributed by atoms with Crippen molar-refractivity contribution >= 4 is 29.7 Å². The number of nitrogens with zero attached hydrogens (tertiary/aromatic N) is 6. The number of aromatic nitrogens is 4. The molecule has 3 heterocycles. The van der Waals surface area contributed by atoms with Crippen molar-refractivity contribution in [2.75, 3.05) is 35.7 Å². The Morgan fingerprint density at radius 2 is 2.11 bits per heavy atom. The molecule has 1 atom stereocenters. The molecule has 0 saturated carbocycles. The minimum absolute atomic E-state index is 0.0462. The molecule has 0 spiro atoms. The lowest BCUT2D eigenvalue weighted by Gasteiger charge is -2.37. The molecule has 0 aliphatic carbocycles. The largest absolute Gasteiger partial charge is 0.465 e. The fourth-order valence-electron chi connectivity index (χ4n) is 2.86. The topological polar surface area (TPSA) is 136 Å². The molecule has 3 rings (SSSR count). The Balaban J connectivity index is 1.65. The molecule has 142 valence electrons. The van der Waals surface area contributed by atoms with Crippen LogP contribution in [0, 0.1) is 0 Å². The molecule has 11 heteroatoms. The number of rotatable bonds is 4. The number of piperidine rings is 1. The fourth-order valence-corrected chi connectivity index (χ4v) is 2.86. The van der Waals surface area contributed by atoms with E-state index in [0.29, 0.717) is 18.3 Å². The first kappa shape index (κ1) is 18.3. The Bertz CT molecular complexity index is 803. The van der Waals surface area contributed by atoms with Crippen LogP contribution < -0.4 is 15.5 Å². The normalized spacial score (nSPS) is 16.5. The molecule has 1 aliphatic heterocycles. The van der Waals surface area contributed by atoms with Crippen LogP contribution in [0.5, 0.6) is 0 Å². The van der Waals surface area contributed by atoms with Gasteiger partial charge in [-0.05, 0) is 31.0 Å². The second-order valence-electron chi connectivity index (χ2n) is 6.06. The Morgan fingerprint density at radius 3 is 2.85 bits per heavy atom. The molecule has 2 aromatic heterocycles. The molecule has 3 amide bonds. The molecule has 3 N–H and O–H groups in total. The molecule has 1 unspecified atom stereocenters. The van der Waals surface area contributed by atoms with Gasteiger partial charge in [-0.2, -0.15) is 10.1 Å². The summed E-state index contributed by atoms with van der Waals surface area (Å²) in [7, 11) is 1.73. The zero-order chi connectivity index (χ0) is 19.2. The van der Waals surface area contributed by atoms with Crippen molar-refractivity contribution in [1.29, 1.82) is 0 Å². The predicted octanol–water partition coefficient (Wildman–Crippen LogP) is 1.49. The number of likely N-dealkylation sites (N-methyl/N-ethyl adjacent to an activating group) is 1. The van der Waals surface area contributed by atoms with Gasteiger partial charge in [0.2, 0.25) is 5.95 Å². The van der Waals surface area contributed by atoms with Gasteiger partial charge < -0.3 is 14.9 Å². The van der Waals surface area contributed by atoms with E-state index in [1.165, 1.54) is 18.5 Å². The van der Waals surface area contributed by atoms with Crippen LogP contribution in [-0.4, -0.2) is 68.5 Å². The predicted molar refractivity (Wildman–Crippen MR) is 97.7 cm³/mol. The van der Waals surface area contributed by atoms with Gasteiger partial charge in [-0.1, -0.05) is 0 Å². The van der Waals surface area contributed by atoms with E-state index in [1.807, 2.05) is 4.90 Å². The van der Waals surface area contributed by atoms with Gasteiger partial charge in [-0.3, -0.25) is 10.6 Å². The number of carbonyl (C=O) groups is 2. The Hall–Kier alpha value is -3.50. The Kier molecular flexibility index (Phi) is 5.59. The molecule has 0 aromatic carbocycles. The summed E-state index contributed by atoms with van der Waals surface area (Å²) in [6.07, 6.45) is 3.55. The third kappa shape index (κ3) is 4.77. The molecular formula is C16H20N8O3. The van der Waals surface area contributed by atoms with Crippen LogP contribution in [-0.2, 0) is 0 Å². The second kappa shape index (κ2) is 8.25. The quantitative estimate of drug-likeness (QED) is 0.734. The number of hydrogen-bond donors (Lipinski definition) is 3. The summed E-state index contributed by atoms with van der Waals surface area (Å²) >= 11 is 0. The van der Waals surface area contributed by atoms with Crippen LogP contribution in [0.2, 0.25) is 0 Å². The van der Waals surface area contributed by atoms with Crippen LogP contribution in [0.15, 0.2) is 30.6 Å². The van der Waals surface area contributed by atoms with Crippen LogP contribution in [0.25, 0.3) is 0 Å². The first-order chi connectivity index (χ1) is 13.0. The SMILES string of the molecule is CN(C(=O)Nc1cccnn1)C1CCCN(c2nccc(NC(=O)O)n2)C1. The second-order valence-corrected chi connectivity index (χ2v) is 6.06. The standard InChI is InChI=1S/C16H20N8O3/c1-23(15(25)20-13-5-2-7-18-22-13)11-4-3-9-24(10-11)14-17-8-6-12(19-14)21-16(26)27/h2,5-8,11H,3-4,9-10H2,1H3,(H,26,27)(H,17,19,21)(H,20,22,25). The van der Waals surface area contributed by atoms with Gasteiger partial charge in [0.15, 0.2) is 5.82 Å². The summed E-state index contributed by atoms with van der Waals surface area (Å²) in [5.74, 6) is 1.02. The third-order valence-electron chi connectivity index (χ3n) is 4.23. The zero-order valence-electron chi connectivity index (χ0n) is 14.7. The highest BCUT2D eigenvalue weighted by Gasteiger charge is 2.27. The molecule has 1 saturated heterocycles. The summed E-state index contributed by atoms with van der Waals surface area (Å²) in [6, 6.07) is 4.53. The van der Waals surface area contributed by atoms with E-state index in [-0.39, 0.29) is 17.9 Å². The molecule has 1 fully saturated rings. The number of nitrogens with one attached hydrogen (secondary N) is 2. The van der Waals surface area contributed by atoms with E-state index in [9.17, 15) is 9.59 Å². The summed E-state index contributed by atoms with van der Waals surface area (Å²) in [5.41, 5.74) is 0. The lowest BCUT2D eigenvalue weighted by atomic mass is 10.1. The van der Waals surface area contributed by atoms with Crippen molar-refractivity contribution in [2.24, 2.45) is 0 Å². The smallest absolute Gasteiger partial charge is 0.410 e. The van der Waals surface area contributed by atoms with E-state index in [0.717, 1.165) is 19.4 Å². The highest BCUT2D eigenvalue weighted by atomic mass is 16.4. The van der Waals surface area contributed by atoms with E-state index in [4.69, 9.17) is 5.11 Å². The number of amides is 3. The number of hydrogen-bond acceptors (Lipinski definition) is 7. The number of anilines is 3. The lowest BCUT2D eigenvalue weighted by Crippen LogP contribution is -2.50. The van der Waals surface area contributed by atoms with Gasteiger partial charge >= 0.3 is 12.1 Å². The molecule has 11 nitrogen and oxygen atoms in total. The number of carboxylic acid groups (broad SMARTS) is 1. The van der Waals surface area contributed by atoms with Gasteiger partial charge in [-0.25, -0.2) is 14.6 Å². The monoisotopic (exact) mass is 372 g/mol. The maximum absolute atomic E-state index is 12.5. The molecule has 27 heavy (non-hydrogen) atoms. The average molecular weight is 372 g/mol. The molecule has 0 bridgehead atoms. The zero-order valence-corrected chi connectivity index (χ0v) is 14.7. The third-order valence-corrected chi connectivity index (χ3v) is 4.23. The number of urea groups is 1. The van der Waals surface area contributed by atoms with Gasteiger partial charge in [0.1, 0.15) is 5.82 Å². The van der Waals surface area contributed by atoms with Crippen molar-refractivity contribution in [2.45, 2.75) is 18.9 Å². The van der Waals surface area contributed by atoms with E-state index >= 15 is 0 Å². The molecule has 0 radical (unpaired) electrons. The van der Waals surface area contributed by atoms with Gasteiger partial charge in [0, 0.05) is 32.5 Å². The van der Waals surface area contributed by atoms with Crippen molar-refractivity contribution in [1.82, 2.24) is 25.1 Å². The van der Waals surface area contributed by atoms with Crippen molar-refractivity contribution in [3.05, 3.63) is 30.6 Å². The van der Waals surface area contributed by atoms with Gasteiger partial charge in [0.05, 0.1) is 6.04 Å². The lowest BCUT2D eigenvalue weighted by molar-refractivity contribution is 0.195. The minimum atomic E-state index is -1.18. The molecule has 2 aromatic rings. The molecular weight excluding hydrogens is 352 g/mol. The van der Waals surface area contributed by atoms with Crippen LogP contribution in [0.1, 0.15) is 12.8 Å². The van der Waals surface area contributed by atoms with Crippen molar-refractivity contribution in [3.8, 4) is 0 Å². The van der Waals surface area contributed by atoms with Crippen LogP contribution in [0.3, 0.4) is 0 Å². The highest BCUT2D eigenvalue weighted by molar-refractivity contribution is 5.88. The number of carbonyl (C=O) groups excluding carboxylic acids is 1. The average Bonchev–Trinajstić information content (AvgIpc) is 2.68. The highest BCUT2D eigenvalue weighted by Crippen LogP contribution is 2.20. The summed E-state index contributed by atoms with van der Waals surface area (Å²) in [6.45, 7) is 1.27. The fraction of sp³-hybridized carbons (Fsp3) is 0.375. The van der Waals surface area contributed by atoms with Crippen LogP contribution in [0.4, 0.5) is 27.2 Å². The first-order valence-corrected chi connectivity index (χ1v) is 8.42. The van der Waals surface area contributed by atoms with E-state index in [2.05, 4.69) is 30.8 Å². The van der Waals surface area contributed by atoms with Crippen LogP contribution >= 0.6 is 0 Å². The summed E-state index contributed by atoms with van der Waals surface area (Å²) < 4.78 is 0. The van der Waals surface area contributed by atoms with Gasteiger partial charge in [-0.15, -0.1) is 5.10 Å². The van der Waals surface area contributed by atoms with E-state index in [1.54, 1.807) is 24.1 Å². The Labute approximate surface area is 155 Å².